The zero-order valence-corrected chi connectivity index (χ0v) is 21.8. The number of pyridine rings is 2. The largest absolute Gasteiger partial charge is 0.395 e. The molecule has 1 unspecified atom stereocenters. The minimum absolute atomic E-state index is 0.0169. The maximum Gasteiger partial charge on any atom is 0.125 e. The topological polar surface area (TPSA) is 69.0 Å². The Labute approximate surface area is 203 Å². The Morgan fingerprint density at radius 2 is 1.97 bits per heavy atom. The predicted octanol–water partition coefficient (Wildman–Crippen LogP) is 5.79. The first kappa shape index (κ1) is 24.7. The van der Waals surface area contributed by atoms with Crippen molar-refractivity contribution in [3.05, 3.63) is 53.1 Å². The predicted molar refractivity (Wildman–Crippen MR) is 135 cm³/mol. The third-order valence-electron chi connectivity index (χ3n) is 5.11. The first-order chi connectivity index (χ1) is 15.3. The van der Waals surface area contributed by atoms with E-state index in [-0.39, 0.29) is 10.2 Å². The molecular formula is C24H31BrN4O2S. The van der Waals surface area contributed by atoms with Crippen LogP contribution in [0.5, 0.6) is 0 Å². The van der Waals surface area contributed by atoms with Gasteiger partial charge in [0.15, 0.2) is 0 Å². The number of aryl methyl sites for hydroxylation is 2. The molecule has 3 rings (SSSR count). The van der Waals surface area contributed by atoms with Gasteiger partial charge in [-0.05, 0) is 63.1 Å². The van der Waals surface area contributed by atoms with Crippen LogP contribution in [0.2, 0.25) is 0 Å². The van der Waals surface area contributed by atoms with Crippen LogP contribution in [0.4, 0.5) is 0 Å². The van der Waals surface area contributed by atoms with E-state index in [9.17, 15) is 0 Å². The number of nitrogens with zero attached hydrogens (tertiary/aromatic N) is 4. The smallest absolute Gasteiger partial charge is 0.125 e. The second kappa shape index (κ2) is 11.3. The standard InChI is InChI=1S/C24H31BrN4O2S/c1-16-9-10-18-7-6-8-21(23(18)27-16)28-30-14-24(3,4)15-31-29-22(17(2)25)20-12-11-19(32-5)13-26-20/h9-13,17H,6-8,14-15H2,1-5H3/b28-21+,29-22-. The molecule has 2 aromatic heterocycles. The molecule has 1 aliphatic carbocycles. The number of halogens is 1. The third kappa shape index (κ3) is 6.78. The lowest BCUT2D eigenvalue weighted by atomic mass is 9.94. The minimum Gasteiger partial charge on any atom is -0.395 e. The van der Waals surface area contributed by atoms with Crippen LogP contribution in [0, 0.1) is 12.3 Å². The summed E-state index contributed by atoms with van der Waals surface area (Å²) in [5.41, 5.74) is 5.45. The number of aromatic nitrogens is 2. The van der Waals surface area contributed by atoms with E-state index in [1.54, 1.807) is 11.8 Å². The highest BCUT2D eigenvalue weighted by molar-refractivity contribution is 9.10. The van der Waals surface area contributed by atoms with Crippen LogP contribution < -0.4 is 0 Å². The van der Waals surface area contributed by atoms with Crippen LogP contribution in [0.25, 0.3) is 0 Å². The molecule has 0 bridgehead atoms. The molecule has 0 aromatic carbocycles. The van der Waals surface area contributed by atoms with Crippen molar-refractivity contribution in [2.24, 2.45) is 15.7 Å². The number of rotatable bonds is 9. The molecule has 8 heteroatoms. The van der Waals surface area contributed by atoms with Crippen molar-refractivity contribution in [3.8, 4) is 0 Å². The van der Waals surface area contributed by atoms with Gasteiger partial charge < -0.3 is 9.68 Å². The van der Waals surface area contributed by atoms with E-state index in [1.165, 1.54) is 5.56 Å². The SMILES string of the molecule is CSc1ccc(/C(=N\OCC(C)(C)CO/N=C2\CCCc3ccc(C)nc32)C(C)Br)nc1. The van der Waals surface area contributed by atoms with E-state index < -0.39 is 0 Å². The van der Waals surface area contributed by atoms with E-state index in [1.807, 2.05) is 38.4 Å². The van der Waals surface area contributed by atoms with Crippen LogP contribution in [0.15, 0.2) is 45.7 Å². The lowest BCUT2D eigenvalue weighted by Gasteiger charge is -2.22. The lowest BCUT2D eigenvalue weighted by molar-refractivity contribution is -0.000222. The zero-order chi connectivity index (χ0) is 23.1. The number of hydrogen-bond donors (Lipinski definition) is 0. The average Bonchev–Trinajstić information content (AvgIpc) is 2.77. The number of thioether (sulfide) groups is 1. The molecule has 0 spiro atoms. The summed E-state index contributed by atoms with van der Waals surface area (Å²) >= 11 is 5.25. The van der Waals surface area contributed by atoms with Crippen LogP contribution in [0.1, 0.15) is 56.3 Å². The van der Waals surface area contributed by atoms with Gasteiger partial charge in [0.05, 0.1) is 16.2 Å². The van der Waals surface area contributed by atoms with E-state index >= 15 is 0 Å². The summed E-state index contributed by atoms with van der Waals surface area (Å²) < 4.78 is 0. The Hall–Kier alpha value is -1.93. The number of alkyl halides is 1. The fourth-order valence-corrected chi connectivity index (χ4v) is 3.95. The zero-order valence-electron chi connectivity index (χ0n) is 19.4. The van der Waals surface area contributed by atoms with E-state index in [0.717, 1.165) is 52.7 Å². The van der Waals surface area contributed by atoms with Gasteiger partial charge in [0.1, 0.15) is 24.6 Å². The molecular weight excluding hydrogens is 488 g/mol. The van der Waals surface area contributed by atoms with E-state index in [4.69, 9.17) is 9.68 Å². The van der Waals surface area contributed by atoms with Crippen molar-refractivity contribution in [3.63, 3.8) is 0 Å². The van der Waals surface area contributed by atoms with Crippen molar-refractivity contribution >= 4 is 39.1 Å². The van der Waals surface area contributed by atoms with Crippen molar-refractivity contribution in [2.75, 3.05) is 19.5 Å². The monoisotopic (exact) mass is 518 g/mol. The van der Waals surface area contributed by atoms with Gasteiger partial charge in [0.25, 0.3) is 0 Å². The second-order valence-electron chi connectivity index (χ2n) is 8.74. The Morgan fingerprint density at radius 3 is 2.66 bits per heavy atom. The minimum atomic E-state index is -0.262. The van der Waals surface area contributed by atoms with Crippen molar-refractivity contribution in [1.29, 1.82) is 0 Å². The molecule has 1 atom stereocenters. The van der Waals surface area contributed by atoms with E-state index in [0.29, 0.717) is 13.2 Å². The highest BCUT2D eigenvalue weighted by Crippen LogP contribution is 2.22. The highest BCUT2D eigenvalue weighted by atomic mass is 79.9. The van der Waals surface area contributed by atoms with Gasteiger partial charge in [-0.15, -0.1) is 11.8 Å². The van der Waals surface area contributed by atoms with Crippen LogP contribution in [-0.4, -0.2) is 45.7 Å². The molecule has 2 aromatic rings. The molecule has 2 heterocycles. The molecule has 1 aliphatic rings. The fraction of sp³-hybridized carbons (Fsp3) is 0.500. The number of fused-ring (bicyclic) bond motifs is 1. The van der Waals surface area contributed by atoms with Crippen LogP contribution >= 0.6 is 27.7 Å². The normalized spacial score (nSPS) is 16.6. The van der Waals surface area contributed by atoms with Gasteiger partial charge >= 0.3 is 0 Å². The summed E-state index contributed by atoms with van der Waals surface area (Å²) in [5.74, 6) is 0. The molecule has 0 N–H and O–H groups in total. The highest BCUT2D eigenvalue weighted by Gasteiger charge is 2.23. The van der Waals surface area contributed by atoms with Gasteiger partial charge in [-0.3, -0.25) is 9.97 Å². The summed E-state index contributed by atoms with van der Waals surface area (Å²) in [5, 5.41) is 8.80. The summed E-state index contributed by atoms with van der Waals surface area (Å²) in [4.78, 5) is 21.8. The summed E-state index contributed by atoms with van der Waals surface area (Å²) in [7, 11) is 0. The third-order valence-corrected chi connectivity index (χ3v) is 6.26. The van der Waals surface area contributed by atoms with Gasteiger partial charge in [-0.1, -0.05) is 46.2 Å². The molecule has 0 saturated heterocycles. The first-order valence-electron chi connectivity index (χ1n) is 10.8. The van der Waals surface area contributed by atoms with Gasteiger partial charge in [-0.25, -0.2) is 0 Å². The summed E-state index contributed by atoms with van der Waals surface area (Å²) in [6.45, 7) is 8.98. The quantitative estimate of drug-likeness (QED) is 0.181. The fourth-order valence-electron chi connectivity index (χ4n) is 3.27. The van der Waals surface area contributed by atoms with Crippen molar-refractivity contribution in [2.45, 2.75) is 56.7 Å². The molecule has 32 heavy (non-hydrogen) atoms. The molecule has 0 radical (unpaired) electrons. The maximum absolute atomic E-state index is 5.75. The van der Waals surface area contributed by atoms with Crippen LogP contribution in [-0.2, 0) is 16.1 Å². The molecule has 172 valence electrons. The number of oxime groups is 2. The lowest BCUT2D eigenvalue weighted by Crippen LogP contribution is -2.25. The average molecular weight is 520 g/mol. The summed E-state index contributed by atoms with van der Waals surface area (Å²) in [6.07, 6.45) is 6.88. The second-order valence-corrected chi connectivity index (χ2v) is 11.0. The Bertz CT molecular complexity index is 974. The Kier molecular flexibility index (Phi) is 8.71. The van der Waals surface area contributed by atoms with Crippen molar-refractivity contribution < 1.29 is 9.68 Å². The number of hydrogen-bond acceptors (Lipinski definition) is 7. The van der Waals surface area contributed by atoms with Crippen molar-refractivity contribution in [1.82, 2.24) is 9.97 Å². The maximum atomic E-state index is 5.75. The van der Waals surface area contributed by atoms with Crippen LogP contribution in [0.3, 0.4) is 0 Å². The molecule has 0 saturated carbocycles. The molecule has 0 fully saturated rings. The van der Waals surface area contributed by atoms with Gasteiger partial charge in [-0.2, -0.15) is 0 Å². The van der Waals surface area contributed by atoms with E-state index in [2.05, 4.69) is 62.2 Å². The van der Waals surface area contributed by atoms with Gasteiger partial charge in [0.2, 0.25) is 0 Å². The summed E-state index contributed by atoms with van der Waals surface area (Å²) in [6, 6.07) is 8.20. The molecule has 0 amide bonds. The molecule has 0 aliphatic heterocycles. The molecule has 6 nitrogen and oxygen atoms in total. The Balaban J connectivity index is 1.59. The first-order valence-corrected chi connectivity index (χ1v) is 12.9. The Morgan fingerprint density at radius 1 is 1.19 bits per heavy atom. The van der Waals surface area contributed by atoms with Gasteiger partial charge in [0, 0.05) is 22.2 Å².